The number of aryl methyl sites for hydroxylation is 2. The molecule has 0 aliphatic heterocycles. The third-order valence-corrected chi connectivity index (χ3v) is 5.29. The zero-order valence-corrected chi connectivity index (χ0v) is 17.0. The predicted molar refractivity (Wildman–Crippen MR) is 123 cm³/mol. The van der Waals surface area contributed by atoms with Gasteiger partial charge in [0, 0.05) is 18.3 Å². The van der Waals surface area contributed by atoms with E-state index in [0.717, 1.165) is 12.1 Å². The molecule has 142 valence electrons. The Balaban J connectivity index is 1.99. The summed E-state index contributed by atoms with van der Waals surface area (Å²) in [6.45, 7) is 4.27. The Kier molecular flexibility index (Phi) is 5.67. The lowest BCUT2D eigenvalue weighted by Gasteiger charge is -2.18. The second kappa shape index (κ2) is 8.70. The summed E-state index contributed by atoms with van der Waals surface area (Å²) < 4.78 is 0. The Morgan fingerprint density at radius 3 is 1.76 bits per heavy atom. The summed E-state index contributed by atoms with van der Waals surface area (Å²) in [4.78, 5) is 4.70. The topological polar surface area (TPSA) is 12.9 Å². The summed E-state index contributed by atoms with van der Waals surface area (Å²) in [5.74, 6) is 0. The number of allylic oxidation sites excluding steroid dienone is 1. The third kappa shape index (κ3) is 4.35. The molecule has 0 unspecified atom stereocenters. The van der Waals surface area contributed by atoms with Crippen LogP contribution in [0.2, 0.25) is 0 Å². The molecule has 0 amide bonds. The Morgan fingerprint density at radius 2 is 1.21 bits per heavy atom. The van der Waals surface area contributed by atoms with Crippen LogP contribution in [0.1, 0.15) is 33.5 Å². The van der Waals surface area contributed by atoms with E-state index in [4.69, 9.17) is 4.98 Å². The average molecular weight is 376 g/mol. The Bertz CT molecular complexity index is 1070. The maximum Gasteiger partial charge on any atom is 0.0476 e. The van der Waals surface area contributed by atoms with Gasteiger partial charge >= 0.3 is 0 Å². The lowest BCUT2D eigenvalue weighted by Crippen LogP contribution is -2.02. The van der Waals surface area contributed by atoms with Crippen LogP contribution in [0.5, 0.6) is 0 Å². The molecule has 0 bridgehead atoms. The van der Waals surface area contributed by atoms with Crippen LogP contribution >= 0.6 is 0 Å². The number of hydrogen-bond acceptors (Lipinski definition) is 1. The molecule has 0 saturated heterocycles. The number of aromatic nitrogens is 1. The smallest absolute Gasteiger partial charge is 0.0476 e. The zero-order valence-electron chi connectivity index (χ0n) is 17.0. The van der Waals surface area contributed by atoms with Crippen molar-refractivity contribution in [3.05, 3.63) is 137 Å². The van der Waals surface area contributed by atoms with E-state index in [-0.39, 0.29) is 0 Å². The van der Waals surface area contributed by atoms with E-state index < -0.39 is 0 Å². The van der Waals surface area contributed by atoms with Gasteiger partial charge in [-0.2, -0.15) is 0 Å². The minimum absolute atomic E-state index is 0.787. The molecule has 0 aliphatic rings. The van der Waals surface area contributed by atoms with Gasteiger partial charge in [-0.15, -0.1) is 0 Å². The molecule has 0 saturated carbocycles. The standard InChI is InChI=1S/C28H25N/c1-21-15-17-23(18-16-21)26(20-27-22(2)10-9-19-29-27)28(24-11-5-3-6-12-24)25-13-7-4-8-14-25/h3-19H,20H2,1-2H3. The molecular weight excluding hydrogens is 350 g/mol. The molecule has 0 fully saturated rings. The largest absolute Gasteiger partial charge is 0.261 e. The molecule has 1 aromatic heterocycles. The second-order valence-corrected chi connectivity index (χ2v) is 7.40. The highest BCUT2D eigenvalue weighted by Gasteiger charge is 2.16. The molecule has 4 rings (SSSR count). The number of pyridine rings is 1. The van der Waals surface area contributed by atoms with Crippen LogP contribution in [0.4, 0.5) is 0 Å². The minimum atomic E-state index is 0.787. The lowest BCUT2D eigenvalue weighted by atomic mass is 9.86. The van der Waals surface area contributed by atoms with Gasteiger partial charge in [0.2, 0.25) is 0 Å². The molecule has 4 aromatic rings. The maximum atomic E-state index is 4.70. The molecule has 0 aliphatic carbocycles. The third-order valence-electron chi connectivity index (χ3n) is 5.29. The Hall–Kier alpha value is -3.45. The molecule has 0 spiro atoms. The molecule has 0 radical (unpaired) electrons. The number of hydrogen-bond donors (Lipinski definition) is 0. The van der Waals surface area contributed by atoms with Crippen molar-refractivity contribution in [1.82, 2.24) is 4.98 Å². The molecule has 1 heterocycles. The highest BCUT2D eigenvalue weighted by atomic mass is 14.7. The Morgan fingerprint density at radius 1 is 0.621 bits per heavy atom. The van der Waals surface area contributed by atoms with Crippen LogP contribution in [0.3, 0.4) is 0 Å². The van der Waals surface area contributed by atoms with Gasteiger partial charge < -0.3 is 0 Å². The van der Waals surface area contributed by atoms with Gasteiger partial charge in [-0.3, -0.25) is 4.98 Å². The van der Waals surface area contributed by atoms with Gasteiger partial charge in [-0.1, -0.05) is 96.6 Å². The summed E-state index contributed by atoms with van der Waals surface area (Å²) in [5.41, 5.74) is 9.85. The summed E-state index contributed by atoms with van der Waals surface area (Å²) in [5, 5.41) is 0. The summed E-state index contributed by atoms with van der Waals surface area (Å²) in [6, 6.07) is 34.3. The monoisotopic (exact) mass is 375 g/mol. The van der Waals surface area contributed by atoms with Crippen molar-refractivity contribution in [3.63, 3.8) is 0 Å². The van der Waals surface area contributed by atoms with Gasteiger partial charge in [0.15, 0.2) is 0 Å². The van der Waals surface area contributed by atoms with E-state index in [2.05, 4.69) is 105 Å². The molecule has 1 heteroatoms. The highest BCUT2D eigenvalue weighted by Crippen LogP contribution is 2.34. The molecular formula is C28H25N. The first-order valence-electron chi connectivity index (χ1n) is 10.0. The van der Waals surface area contributed by atoms with Crippen LogP contribution in [0, 0.1) is 13.8 Å². The van der Waals surface area contributed by atoms with E-state index in [1.807, 2.05) is 12.3 Å². The van der Waals surface area contributed by atoms with Crippen LogP contribution in [-0.4, -0.2) is 4.98 Å². The van der Waals surface area contributed by atoms with E-state index in [1.165, 1.54) is 39.0 Å². The van der Waals surface area contributed by atoms with E-state index >= 15 is 0 Å². The van der Waals surface area contributed by atoms with E-state index in [0.29, 0.717) is 0 Å². The summed E-state index contributed by atoms with van der Waals surface area (Å²) in [6.07, 6.45) is 2.68. The number of nitrogens with zero attached hydrogens (tertiary/aromatic N) is 1. The van der Waals surface area contributed by atoms with Crippen LogP contribution < -0.4 is 0 Å². The molecule has 0 atom stereocenters. The molecule has 1 nitrogen and oxygen atoms in total. The van der Waals surface area contributed by atoms with Crippen molar-refractivity contribution in [2.75, 3.05) is 0 Å². The SMILES string of the molecule is Cc1ccc(C(Cc2ncccc2C)=C(c2ccccc2)c2ccccc2)cc1. The number of benzene rings is 3. The average Bonchev–Trinajstić information content (AvgIpc) is 2.77. The van der Waals surface area contributed by atoms with Crippen LogP contribution in [0.15, 0.2) is 103 Å². The fourth-order valence-corrected chi connectivity index (χ4v) is 3.69. The molecule has 3 aromatic carbocycles. The lowest BCUT2D eigenvalue weighted by molar-refractivity contribution is 1.08. The van der Waals surface area contributed by atoms with Crippen molar-refractivity contribution in [2.24, 2.45) is 0 Å². The van der Waals surface area contributed by atoms with Crippen molar-refractivity contribution in [2.45, 2.75) is 20.3 Å². The van der Waals surface area contributed by atoms with Gasteiger partial charge in [-0.25, -0.2) is 0 Å². The fourth-order valence-electron chi connectivity index (χ4n) is 3.69. The maximum absolute atomic E-state index is 4.70. The van der Waals surface area contributed by atoms with Gasteiger partial charge in [0.1, 0.15) is 0 Å². The molecule has 29 heavy (non-hydrogen) atoms. The number of rotatable bonds is 5. The van der Waals surface area contributed by atoms with Gasteiger partial charge in [-0.05, 0) is 53.3 Å². The quantitative estimate of drug-likeness (QED) is 0.346. The Labute approximate surface area is 173 Å². The van der Waals surface area contributed by atoms with E-state index in [9.17, 15) is 0 Å². The minimum Gasteiger partial charge on any atom is -0.261 e. The van der Waals surface area contributed by atoms with Crippen molar-refractivity contribution in [1.29, 1.82) is 0 Å². The summed E-state index contributed by atoms with van der Waals surface area (Å²) in [7, 11) is 0. The van der Waals surface area contributed by atoms with Crippen molar-refractivity contribution in [3.8, 4) is 0 Å². The first kappa shape index (κ1) is 18.9. The summed E-state index contributed by atoms with van der Waals surface area (Å²) >= 11 is 0. The normalized spacial score (nSPS) is 10.6. The molecule has 0 N–H and O–H groups in total. The van der Waals surface area contributed by atoms with Crippen LogP contribution in [-0.2, 0) is 6.42 Å². The van der Waals surface area contributed by atoms with Gasteiger partial charge in [0.25, 0.3) is 0 Å². The first-order chi connectivity index (χ1) is 14.2. The highest BCUT2D eigenvalue weighted by molar-refractivity contribution is 5.99. The van der Waals surface area contributed by atoms with Crippen molar-refractivity contribution >= 4 is 11.1 Å². The fraction of sp³-hybridized carbons (Fsp3) is 0.107. The van der Waals surface area contributed by atoms with E-state index in [1.54, 1.807) is 0 Å². The first-order valence-corrected chi connectivity index (χ1v) is 10.0. The van der Waals surface area contributed by atoms with Crippen LogP contribution in [0.25, 0.3) is 11.1 Å². The second-order valence-electron chi connectivity index (χ2n) is 7.40. The predicted octanol–water partition coefficient (Wildman–Crippen LogP) is 6.90. The van der Waals surface area contributed by atoms with Crippen molar-refractivity contribution < 1.29 is 0 Å². The van der Waals surface area contributed by atoms with Gasteiger partial charge in [0.05, 0.1) is 0 Å². The zero-order chi connectivity index (χ0) is 20.1.